The third-order valence-corrected chi connectivity index (χ3v) is 3.99. The number of rotatable bonds is 4. The zero-order valence-electron chi connectivity index (χ0n) is 11.0. The highest BCUT2D eigenvalue weighted by Crippen LogP contribution is 2.21. The van der Waals surface area contributed by atoms with Crippen LogP contribution < -0.4 is 10.6 Å². The third kappa shape index (κ3) is 2.86. The van der Waals surface area contributed by atoms with Crippen molar-refractivity contribution in [2.45, 2.75) is 32.4 Å². The molecule has 2 N–H and O–H groups in total. The Hall–Kier alpha value is -1.80. The summed E-state index contributed by atoms with van der Waals surface area (Å²) < 4.78 is 5.13. The average molecular weight is 293 g/mol. The zero-order valence-corrected chi connectivity index (χ0v) is 11.9. The van der Waals surface area contributed by atoms with Gasteiger partial charge in [-0.3, -0.25) is 4.79 Å². The first-order valence-corrected chi connectivity index (χ1v) is 7.30. The van der Waals surface area contributed by atoms with Gasteiger partial charge in [0.15, 0.2) is 0 Å². The number of thiazole rings is 1. The van der Waals surface area contributed by atoms with Crippen LogP contribution in [0.4, 0.5) is 0 Å². The minimum absolute atomic E-state index is 0.0713. The molecule has 1 atom stereocenters. The molecular weight excluding hydrogens is 278 g/mol. The fraction of sp³-hybridized carbons (Fsp3) is 0.500. The molecule has 0 aliphatic carbocycles. The first kappa shape index (κ1) is 13.2. The van der Waals surface area contributed by atoms with Crippen molar-refractivity contribution >= 4 is 17.2 Å². The maximum Gasteiger partial charge on any atom is 0.293 e. The van der Waals surface area contributed by atoms with Crippen LogP contribution in [0.5, 0.6) is 0 Å². The van der Waals surface area contributed by atoms with Crippen LogP contribution in [0.3, 0.4) is 0 Å². The van der Waals surface area contributed by atoms with E-state index < -0.39 is 0 Å². The van der Waals surface area contributed by atoms with E-state index in [1.807, 2.05) is 6.92 Å². The van der Waals surface area contributed by atoms with Crippen LogP contribution >= 0.6 is 11.3 Å². The standard InChI is InChI=1S/C12H15N5O2S/c1-7-5-14-9(20-7)6-15-11(18)10-16-12(19-17-10)8-3-2-4-13-8/h5,8,13H,2-4,6H2,1H3,(H,15,18). The van der Waals surface area contributed by atoms with Gasteiger partial charge in [0.25, 0.3) is 11.7 Å². The van der Waals surface area contributed by atoms with E-state index in [2.05, 4.69) is 25.8 Å². The van der Waals surface area contributed by atoms with Gasteiger partial charge in [-0.25, -0.2) is 4.98 Å². The van der Waals surface area contributed by atoms with Crippen molar-refractivity contribution in [1.29, 1.82) is 0 Å². The van der Waals surface area contributed by atoms with Crippen molar-refractivity contribution in [1.82, 2.24) is 25.8 Å². The number of amides is 1. The molecule has 106 valence electrons. The van der Waals surface area contributed by atoms with Crippen molar-refractivity contribution < 1.29 is 9.32 Å². The molecule has 2 aromatic heterocycles. The Morgan fingerprint density at radius 3 is 3.25 bits per heavy atom. The van der Waals surface area contributed by atoms with E-state index in [0.29, 0.717) is 12.4 Å². The Morgan fingerprint density at radius 1 is 1.65 bits per heavy atom. The fourth-order valence-electron chi connectivity index (χ4n) is 2.08. The van der Waals surface area contributed by atoms with Crippen molar-refractivity contribution in [3.63, 3.8) is 0 Å². The number of hydrogen-bond donors (Lipinski definition) is 2. The minimum atomic E-state index is -0.342. The number of carbonyl (C=O) groups is 1. The number of carbonyl (C=O) groups excluding carboxylic acids is 1. The average Bonchev–Trinajstić information content (AvgIpc) is 3.16. The smallest absolute Gasteiger partial charge is 0.293 e. The van der Waals surface area contributed by atoms with Crippen molar-refractivity contribution in [2.24, 2.45) is 0 Å². The Balaban J connectivity index is 1.59. The highest BCUT2D eigenvalue weighted by atomic mass is 32.1. The molecule has 0 radical (unpaired) electrons. The molecule has 0 aromatic carbocycles. The second-order valence-corrected chi connectivity index (χ2v) is 5.97. The van der Waals surface area contributed by atoms with Crippen LogP contribution in [0.25, 0.3) is 0 Å². The van der Waals surface area contributed by atoms with E-state index in [1.54, 1.807) is 17.5 Å². The summed E-state index contributed by atoms with van der Waals surface area (Å²) >= 11 is 1.55. The minimum Gasteiger partial charge on any atom is -0.343 e. The van der Waals surface area contributed by atoms with Crippen LogP contribution in [-0.4, -0.2) is 27.6 Å². The van der Waals surface area contributed by atoms with Gasteiger partial charge in [0.2, 0.25) is 5.89 Å². The predicted molar refractivity (Wildman–Crippen MR) is 72.3 cm³/mol. The van der Waals surface area contributed by atoms with Crippen molar-refractivity contribution in [2.75, 3.05) is 6.54 Å². The van der Waals surface area contributed by atoms with Gasteiger partial charge in [-0.05, 0) is 26.3 Å². The molecule has 20 heavy (non-hydrogen) atoms. The van der Waals surface area contributed by atoms with Crippen LogP contribution in [-0.2, 0) is 6.54 Å². The molecule has 1 aliphatic rings. The van der Waals surface area contributed by atoms with Crippen LogP contribution in [0.15, 0.2) is 10.7 Å². The normalized spacial score (nSPS) is 18.4. The molecule has 3 heterocycles. The third-order valence-electron chi connectivity index (χ3n) is 3.07. The Kier molecular flexibility index (Phi) is 3.75. The largest absolute Gasteiger partial charge is 0.343 e. The van der Waals surface area contributed by atoms with Crippen LogP contribution in [0, 0.1) is 6.92 Å². The second kappa shape index (κ2) is 5.68. The summed E-state index contributed by atoms with van der Waals surface area (Å²) in [5.41, 5.74) is 0. The Labute approximate surface area is 119 Å². The Morgan fingerprint density at radius 2 is 2.55 bits per heavy atom. The lowest BCUT2D eigenvalue weighted by Crippen LogP contribution is -2.24. The highest BCUT2D eigenvalue weighted by molar-refractivity contribution is 7.11. The fourth-order valence-corrected chi connectivity index (χ4v) is 2.81. The lowest BCUT2D eigenvalue weighted by Gasteiger charge is -2.01. The summed E-state index contributed by atoms with van der Waals surface area (Å²) in [7, 11) is 0. The van der Waals surface area contributed by atoms with E-state index in [1.165, 1.54) is 0 Å². The first-order chi connectivity index (χ1) is 9.72. The molecule has 1 unspecified atom stereocenters. The zero-order chi connectivity index (χ0) is 13.9. The SMILES string of the molecule is Cc1cnc(CNC(=O)c2noc(C3CCCN3)n2)s1. The number of nitrogens with zero attached hydrogens (tertiary/aromatic N) is 3. The van der Waals surface area contributed by atoms with E-state index >= 15 is 0 Å². The molecular formula is C12H15N5O2S. The Bertz CT molecular complexity index is 603. The highest BCUT2D eigenvalue weighted by Gasteiger charge is 2.24. The topological polar surface area (TPSA) is 92.9 Å². The summed E-state index contributed by atoms with van der Waals surface area (Å²) in [5, 5.41) is 10.6. The predicted octanol–water partition coefficient (Wildman–Crippen LogP) is 1.19. The van der Waals surface area contributed by atoms with Gasteiger partial charge < -0.3 is 15.2 Å². The second-order valence-electron chi connectivity index (χ2n) is 4.65. The lowest BCUT2D eigenvalue weighted by atomic mass is 10.2. The summed E-state index contributed by atoms with van der Waals surface area (Å²) in [6.07, 6.45) is 3.82. The van der Waals surface area contributed by atoms with Crippen molar-refractivity contribution in [3.8, 4) is 0 Å². The number of hydrogen-bond acceptors (Lipinski definition) is 7. The van der Waals surface area contributed by atoms with E-state index in [4.69, 9.17) is 4.52 Å². The molecule has 7 nitrogen and oxygen atoms in total. The number of aromatic nitrogens is 3. The molecule has 1 fully saturated rings. The maximum atomic E-state index is 11.9. The number of nitrogens with one attached hydrogen (secondary N) is 2. The molecule has 1 amide bonds. The van der Waals surface area contributed by atoms with E-state index in [-0.39, 0.29) is 17.8 Å². The van der Waals surface area contributed by atoms with Gasteiger partial charge in [-0.15, -0.1) is 11.3 Å². The molecule has 1 saturated heterocycles. The van der Waals surface area contributed by atoms with Crippen LogP contribution in [0.1, 0.15) is 45.3 Å². The summed E-state index contributed by atoms with van der Waals surface area (Å²) in [4.78, 5) is 21.3. The van der Waals surface area contributed by atoms with Crippen LogP contribution in [0.2, 0.25) is 0 Å². The van der Waals surface area contributed by atoms with E-state index in [0.717, 1.165) is 29.3 Å². The number of aryl methyl sites for hydroxylation is 1. The van der Waals surface area contributed by atoms with Gasteiger partial charge >= 0.3 is 0 Å². The van der Waals surface area contributed by atoms with Crippen molar-refractivity contribution in [3.05, 3.63) is 27.8 Å². The molecule has 3 rings (SSSR count). The summed E-state index contributed by atoms with van der Waals surface area (Å²) in [5.74, 6) is 0.213. The molecule has 0 saturated carbocycles. The molecule has 8 heteroatoms. The van der Waals surface area contributed by atoms with E-state index in [9.17, 15) is 4.79 Å². The quantitative estimate of drug-likeness (QED) is 0.879. The monoisotopic (exact) mass is 293 g/mol. The molecule has 0 spiro atoms. The molecule has 2 aromatic rings. The summed E-state index contributed by atoms with van der Waals surface area (Å²) in [6.45, 7) is 3.30. The summed E-state index contributed by atoms with van der Waals surface area (Å²) in [6, 6.07) is 0.0747. The molecule has 1 aliphatic heterocycles. The van der Waals surface area contributed by atoms with Gasteiger partial charge in [-0.1, -0.05) is 5.16 Å². The maximum absolute atomic E-state index is 11.9. The molecule has 0 bridgehead atoms. The van der Waals surface area contributed by atoms with Gasteiger partial charge in [-0.2, -0.15) is 4.98 Å². The van der Waals surface area contributed by atoms with Gasteiger partial charge in [0, 0.05) is 11.1 Å². The lowest BCUT2D eigenvalue weighted by molar-refractivity contribution is 0.0937. The van der Waals surface area contributed by atoms with Gasteiger partial charge in [0.1, 0.15) is 5.01 Å². The van der Waals surface area contributed by atoms with Gasteiger partial charge in [0.05, 0.1) is 12.6 Å². The first-order valence-electron chi connectivity index (χ1n) is 6.49.